The standard InChI is InChI=1S/C13H26N2.ClH/c14-10-13-8-5-9-15(13)11-12-6-3-1-2-4-7-12;/h12-13H,1-11,14H2;1H. The monoisotopic (exact) mass is 246 g/mol. The molecule has 1 aliphatic carbocycles. The summed E-state index contributed by atoms with van der Waals surface area (Å²) in [5, 5.41) is 0. The molecule has 0 aromatic carbocycles. The van der Waals surface area contributed by atoms with Crippen LogP contribution in [0, 0.1) is 5.92 Å². The molecule has 2 N–H and O–H groups in total. The summed E-state index contributed by atoms with van der Waals surface area (Å²) in [6, 6.07) is 0.702. The van der Waals surface area contributed by atoms with E-state index in [1.807, 2.05) is 0 Å². The molecule has 0 aromatic heterocycles. The summed E-state index contributed by atoms with van der Waals surface area (Å²) >= 11 is 0. The number of likely N-dealkylation sites (tertiary alicyclic amines) is 1. The maximum absolute atomic E-state index is 5.82. The Hall–Kier alpha value is 0.210. The normalized spacial score (nSPS) is 28.7. The minimum absolute atomic E-state index is 0. The highest BCUT2D eigenvalue weighted by Gasteiger charge is 2.25. The molecule has 2 nitrogen and oxygen atoms in total. The van der Waals surface area contributed by atoms with Crippen molar-refractivity contribution in [1.82, 2.24) is 4.90 Å². The first-order chi connectivity index (χ1) is 7.40. The van der Waals surface area contributed by atoms with E-state index >= 15 is 0 Å². The topological polar surface area (TPSA) is 29.3 Å². The molecule has 0 aromatic rings. The lowest BCUT2D eigenvalue weighted by atomic mass is 9.99. The molecule has 16 heavy (non-hydrogen) atoms. The van der Waals surface area contributed by atoms with Crippen molar-refractivity contribution in [1.29, 1.82) is 0 Å². The fourth-order valence-corrected chi connectivity index (χ4v) is 3.28. The first-order valence-corrected chi connectivity index (χ1v) is 6.84. The third kappa shape index (κ3) is 3.90. The zero-order valence-corrected chi connectivity index (χ0v) is 11.2. The molecule has 1 saturated carbocycles. The van der Waals surface area contributed by atoms with Gasteiger partial charge in [0.15, 0.2) is 0 Å². The molecule has 1 aliphatic heterocycles. The average molecular weight is 247 g/mol. The molecule has 0 bridgehead atoms. The largest absolute Gasteiger partial charge is 0.329 e. The third-order valence-corrected chi connectivity index (χ3v) is 4.24. The molecule has 1 unspecified atom stereocenters. The number of nitrogens with two attached hydrogens (primary N) is 1. The quantitative estimate of drug-likeness (QED) is 0.776. The van der Waals surface area contributed by atoms with E-state index in [2.05, 4.69) is 4.90 Å². The van der Waals surface area contributed by atoms with Gasteiger partial charge < -0.3 is 5.73 Å². The Labute approximate surface area is 106 Å². The van der Waals surface area contributed by atoms with Crippen molar-refractivity contribution in [3.8, 4) is 0 Å². The molecule has 2 rings (SSSR count). The maximum Gasteiger partial charge on any atom is 0.0219 e. The Kier molecular flexibility index (Phi) is 6.71. The Bertz CT molecular complexity index is 179. The van der Waals surface area contributed by atoms with Gasteiger partial charge in [0.2, 0.25) is 0 Å². The van der Waals surface area contributed by atoms with Crippen LogP contribution in [0.5, 0.6) is 0 Å². The second-order valence-electron chi connectivity index (χ2n) is 5.38. The van der Waals surface area contributed by atoms with Crippen LogP contribution in [0.15, 0.2) is 0 Å². The molecule has 1 heterocycles. The van der Waals surface area contributed by atoms with Crippen LogP contribution in [0.3, 0.4) is 0 Å². The summed E-state index contributed by atoms with van der Waals surface area (Å²) in [6.07, 6.45) is 11.5. The first kappa shape index (κ1) is 14.3. The second-order valence-corrected chi connectivity index (χ2v) is 5.38. The fourth-order valence-electron chi connectivity index (χ4n) is 3.28. The number of hydrogen-bond donors (Lipinski definition) is 1. The van der Waals surface area contributed by atoms with E-state index in [4.69, 9.17) is 5.73 Å². The van der Waals surface area contributed by atoms with Crippen molar-refractivity contribution in [3.05, 3.63) is 0 Å². The van der Waals surface area contributed by atoms with Crippen molar-refractivity contribution in [3.63, 3.8) is 0 Å². The molecule has 96 valence electrons. The minimum Gasteiger partial charge on any atom is -0.329 e. The molecular weight excluding hydrogens is 220 g/mol. The van der Waals surface area contributed by atoms with E-state index in [9.17, 15) is 0 Å². The summed E-state index contributed by atoms with van der Waals surface area (Å²) in [6.45, 7) is 3.51. The van der Waals surface area contributed by atoms with Crippen LogP contribution in [0.2, 0.25) is 0 Å². The maximum atomic E-state index is 5.82. The van der Waals surface area contributed by atoms with Crippen LogP contribution in [-0.2, 0) is 0 Å². The first-order valence-electron chi connectivity index (χ1n) is 6.84. The summed E-state index contributed by atoms with van der Waals surface area (Å²) < 4.78 is 0. The van der Waals surface area contributed by atoms with Crippen molar-refractivity contribution >= 4 is 12.4 Å². The van der Waals surface area contributed by atoms with Crippen LogP contribution in [0.4, 0.5) is 0 Å². The van der Waals surface area contributed by atoms with Gasteiger partial charge in [-0.05, 0) is 38.1 Å². The fraction of sp³-hybridized carbons (Fsp3) is 1.00. The Balaban J connectivity index is 0.00000128. The molecule has 2 aliphatic rings. The van der Waals surface area contributed by atoms with Gasteiger partial charge in [-0.1, -0.05) is 25.7 Å². The molecule has 0 amide bonds. The lowest BCUT2D eigenvalue weighted by Crippen LogP contribution is -2.38. The molecular formula is C13H27ClN2. The van der Waals surface area contributed by atoms with Crippen molar-refractivity contribution < 1.29 is 0 Å². The highest BCUT2D eigenvalue weighted by atomic mass is 35.5. The molecule has 3 heteroatoms. The van der Waals surface area contributed by atoms with Gasteiger partial charge in [0.25, 0.3) is 0 Å². The Morgan fingerprint density at radius 3 is 2.25 bits per heavy atom. The molecule has 2 fully saturated rings. The summed E-state index contributed by atoms with van der Waals surface area (Å²) in [7, 11) is 0. The van der Waals surface area contributed by atoms with Gasteiger partial charge in [-0.15, -0.1) is 12.4 Å². The minimum atomic E-state index is 0. The van der Waals surface area contributed by atoms with Gasteiger partial charge in [0.05, 0.1) is 0 Å². The smallest absolute Gasteiger partial charge is 0.0219 e. The lowest BCUT2D eigenvalue weighted by Gasteiger charge is -2.27. The van der Waals surface area contributed by atoms with E-state index < -0.39 is 0 Å². The average Bonchev–Trinajstić information content (AvgIpc) is 2.53. The van der Waals surface area contributed by atoms with E-state index in [1.165, 1.54) is 64.5 Å². The number of halogens is 1. The number of hydrogen-bond acceptors (Lipinski definition) is 2. The van der Waals surface area contributed by atoms with Crippen molar-refractivity contribution in [2.75, 3.05) is 19.6 Å². The predicted octanol–water partition coefficient (Wildman–Crippen LogP) is 2.80. The van der Waals surface area contributed by atoms with Crippen LogP contribution in [0.1, 0.15) is 51.4 Å². The van der Waals surface area contributed by atoms with Gasteiger partial charge >= 0.3 is 0 Å². The molecule has 1 atom stereocenters. The lowest BCUT2D eigenvalue weighted by molar-refractivity contribution is 0.207. The Morgan fingerprint density at radius 2 is 1.62 bits per heavy atom. The van der Waals surface area contributed by atoms with Crippen LogP contribution >= 0.6 is 12.4 Å². The molecule has 0 radical (unpaired) electrons. The molecule has 0 spiro atoms. The highest BCUT2D eigenvalue weighted by molar-refractivity contribution is 5.85. The van der Waals surface area contributed by atoms with Gasteiger partial charge in [0, 0.05) is 19.1 Å². The third-order valence-electron chi connectivity index (χ3n) is 4.24. The summed E-state index contributed by atoms with van der Waals surface area (Å²) in [5.41, 5.74) is 5.82. The van der Waals surface area contributed by atoms with E-state index in [1.54, 1.807) is 0 Å². The van der Waals surface area contributed by atoms with Crippen molar-refractivity contribution in [2.24, 2.45) is 11.7 Å². The predicted molar refractivity (Wildman–Crippen MR) is 72.1 cm³/mol. The number of rotatable bonds is 3. The highest BCUT2D eigenvalue weighted by Crippen LogP contribution is 2.26. The van der Waals surface area contributed by atoms with Crippen LogP contribution < -0.4 is 5.73 Å². The van der Waals surface area contributed by atoms with Gasteiger partial charge in [-0.3, -0.25) is 4.90 Å². The van der Waals surface area contributed by atoms with Gasteiger partial charge in [-0.25, -0.2) is 0 Å². The van der Waals surface area contributed by atoms with E-state index in [0.717, 1.165) is 12.5 Å². The second kappa shape index (κ2) is 7.52. The van der Waals surface area contributed by atoms with E-state index in [-0.39, 0.29) is 12.4 Å². The van der Waals surface area contributed by atoms with Gasteiger partial charge in [0.1, 0.15) is 0 Å². The van der Waals surface area contributed by atoms with Crippen LogP contribution in [-0.4, -0.2) is 30.6 Å². The van der Waals surface area contributed by atoms with Gasteiger partial charge in [-0.2, -0.15) is 0 Å². The summed E-state index contributed by atoms with van der Waals surface area (Å²) in [5.74, 6) is 0.972. The Morgan fingerprint density at radius 1 is 0.938 bits per heavy atom. The van der Waals surface area contributed by atoms with E-state index in [0.29, 0.717) is 6.04 Å². The summed E-state index contributed by atoms with van der Waals surface area (Å²) in [4.78, 5) is 2.66. The zero-order valence-electron chi connectivity index (χ0n) is 10.4. The SMILES string of the molecule is Cl.NCC1CCCN1CC1CCCCCC1. The molecule has 1 saturated heterocycles. The van der Waals surface area contributed by atoms with Crippen molar-refractivity contribution in [2.45, 2.75) is 57.4 Å². The number of nitrogens with zero attached hydrogens (tertiary/aromatic N) is 1. The van der Waals surface area contributed by atoms with Crippen LogP contribution in [0.25, 0.3) is 0 Å². The zero-order chi connectivity index (χ0) is 10.5.